The molecule has 2 rings (SSSR count). The molecule has 0 saturated heterocycles. The predicted molar refractivity (Wildman–Crippen MR) is 86.0 cm³/mol. The molecule has 0 unspecified atom stereocenters. The lowest BCUT2D eigenvalue weighted by Crippen LogP contribution is -2.19. The fraction of sp³-hybridized carbons (Fsp3) is 0.385. The molecular formula is C13H16Br2N4O. The molecule has 0 aliphatic rings. The first-order chi connectivity index (χ1) is 9.56. The van der Waals surface area contributed by atoms with Crippen LogP contribution in [0.15, 0.2) is 31.6 Å². The second-order valence-electron chi connectivity index (χ2n) is 4.75. The molecule has 1 aromatic carbocycles. The van der Waals surface area contributed by atoms with Gasteiger partial charge in [0.25, 0.3) is 0 Å². The van der Waals surface area contributed by atoms with Gasteiger partial charge in [-0.15, -0.1) is 5.10 Å². The van der Waals surface area contributed by atoms with Crippen molar-refractivity contribution in [3.63, 3.8) is 0 Å². The third-order valence-electron chi connectivity index (χ3n) is 2.49. The third kappa shape index (κ3) is 4.29. The number of hydrogen-bond acceptors (Lipinski definition) is 5. The number of halogens is 2. The lowest BCUT2D eigenvalue weighted by atomic mass is 10.2. The Balaban J connectivity index is 1.99. The second-order valence-corrected chi connectivity index (χ2v) is 6.46. The van der Waals surface area contributed by atoms with Crippen LogP contribution in [-0.4, -0.2) is 16.7 Å². The van der Waals surface area contributed by atoms with E-state index >= 15 is 0 Å². The van der Waals surface area contributed by atoms with Crippen LogP contribution in [0, 0.1) is 5.92 Å². The van der Waals surface area contributed by atoms with Crippen LogP contribution in [0.2, 0.25) is 0 Å². The van der Waals surface area contributed by atoms with Crippen molar-refractivity contribution in [1.82, 2.24) is 15.5 Å². The summed E-state index contributed by atoms with van der Waals surface area (Å²) in [7, 11) is 0. The van der Waals surface area contributed by atoms with Gasteiger partial charge in [-0.2, -0.15) is 0 Å². The molecule has 0 bridgehead atoms. The van der Waals surface area contributed by atoms with Crippen LogP contribution in [0.4, 0.5) is 11.7 Å². The van der Waals surface area contributed by atoms with Gasteiger partial charge in [-0.05, 0) is 56.5 Å². The molecule has 2 N–H and O–H groups in total. The molecule has 108 valence electrons. The molecule has 0 radical (unpaired) electrons. The zero-order valence-corrected chi connectivity index (χ0v) is 14.5. The summed E-state index contributed by atoms with van der Waals surface area (Å²) in [6.45, 7) is 5.79. The van der Waals surface area contributed by atoms with Crippen LogP contribution >= 0.6 is 31.9 Å². The fourth-order valence-corrected chi connectivity index (χ4v) is 2.76. The summed E-state index contributed by atoms with van der Waals surface area (Å²) in [5, 5.41) is 14.3. The van der Waals surface area contributed by atoms with Crippen molar-refractivity contribution >= 4 is 43.6 Å². The van der Waals surface area contributed by atoms with Crippen molar-refractivity contribution in [1.29, 1.82) is 0 Å². The van der Waals surface area contributed by atoms with E-state index in [1.54, 1.807) is 0 Å². The van der Waals surface area contributed by atoms with Gasteiger partial charge in [0.15, 0.2) is 0 Å². The summed E-state index contributed by atoms with van der Waals surface area (Å²) < 4.78 is 7.38. The van der Waals surface area contributed by atoms with E-state index < -0.39 is 0 Å². The highest BCUT2D eigenvalue weighted by molar-refractivity contribution is 9.11. The molecule has 7 heteroatoms. The van der Waals surface area contributed by atoms with Gasteiger partial charge < -0.3 is 15.1 Å². The number of nitrogens with one attached hydrogen (secondary N) is 2. The monoisotopic (exact) mass is 402 g/mol. The first-order valence-corrected chi connectivity index (χ1v) is 7.89. The topological polar surface area (TPSA) is 63.0 Å². The van der Waals surface area contributed by atoms with Gasteiger partial charge in [0.05, 0.1) is 12.2 Å². The number of benzene rings is 1. The van der Waals surface area contributed by atoms with Crippen LogP contribution in [0.3, 0.4) is 0 Å². The number of nitrogens with zero attached hydrogens (tertiary/aromatic N) is 2. The largest absolute Gasteiger partial charge is 0.406 e. The molecule has 0 fully saturated rings. The second kappa shape index (κ2) is 7.19. The van der Waals surface area contributed by atoms with Crippen molar-refractivity contribution in [3.8, 4) is 0 Å². The average molecular weight is 404 g/mol. The molecule has 2 aromatic rings. The number of hydrogen-bond donors (Lipinski definition) is 2. The van der Waals surface area contributed by atoms with Crippen LogP contribution in [0.1, 0.15) is 19.7 Å². The summed E-state index contributed by atoms with van der Waals surface area (Å²) in [6, 6.07) is 6.19. The van der Waals surface area contributed by atoms with E-state index in [2.05, 4.69) is 66.5 Å². The Bertz CT molecular complexity index is 551. The molecular weight excluding hydrogens is 388 g/mol. The number of rotatable bonds is 6. The van der Waals surface area contributed by atoms with Crippen molar-refractivity contribution in [3.05, 3.63) is 33.0 Å². The number of aromatic nitrogens is 2. The molecule has 0 aliphatic heterocycles. The van der Waals surface area contributed by atoms with E-state index in [1.165, 1.54) is 0 Å². The molecule has 0 amide bonds. The Labute approximate surface area is 134 Å². The van der Waals surface area contributed by atoms with Crippen molar-refractivity contribution < 1.29 is 4.42 Å². The molecule has 5 nitrogen and oxygen atoms in total. The van der Waals surface area contributed by atoms with Crippen LogP contribution < -0.4 is 10.6 Å². The van der Waals surface area contributed by atoms with Gasteiger partial charge in [-0.1, -0.05) is 25.0 Å². The smallest absolute Gasteiger partial charge is 0.320 e. The quantitative estimate of drug-likeness (QED) is 0.760. The minimum absolute atomic E-state index is 0.374. The lowest BCUT2D eigenvalue weighted by molar-refractivity contribution is 0.460. The van der Waals surface area contributed by atoms with Gasteiger partial charge >= 0.3 is 6.01 Å². The molecule has 1 heterocycles. The molecule has 0 aliphatic carbocycles. The summed E-state index contributed by atoms with van der Waals surface area (Å²) in [4.78, 5) is 0. The van der Waals surface area contributed by atoms with E-state index in [4.69, 9.17) is 4.42 Å². The zero-order chi connectivity index (χ0) is 14.5. The Kier molecular flexibility index (Phi) is 5.56. The van der Waals surface area contributed by atoms with Crippen LogP contribution in [0.5, 0.6) is 0 Å². The molecule has 0 saturated carbocycles. The summed E-state index contributed by atoms with van der Waals surface area (Å²) in [5.74, 6) is 1.16. The van der Waals surface area contributed by atoms with E-state index in [-0.39, 0.29) is 0 Å². The highest BCUT2D eigenvalue weighted by atomic mass is 79.9. The minimum Gasteiger partial charge on any atom is -0.406 e. The maximum absolute atomic E-state index is 5.54. The minimum atomic E-state index is 0.374. The SMILES string of the molecule is CC(C)CNCc1nnc(Nc2c(Br)cccc2Br)o1. The van der Waals surface area contributed by atoms with Crippen LogP contribution in [0.25, 0.3) is 0 Å². The normalized spacial score (nSPS) is 11.1. The number of para-hydroxylation sites is 1. The van der Waals surface area contributed by atoms with E-state index in [0.717, 1.165) is 21.2 Å². The third-order valence-corrected chi connectivity index (χ3v) is 3.81. The number of anilines is 2. The highest BCUT2D eigenvalue weighted by Crippen LogP contribution is 2.32. The summed E-state index contributed by atoms with van der Waals surface area (Å²) >= 11 is 6.95. The predicted octanol–water partition coefficient (Wildman–Crippen LogP) is 4.08. The summed E-state index contributed by atoms with van der Waals surface area (Å²) in [5.41, 5.74) is 0.859. The zero-order valence-electron chi connectivity index (χ0n) is 11.3. The van der Waals surface area contributed by atoms with Gasteiger partial charge in [-0.25, -0.2) is 0 Å². The molecule has 1 aromatic heterocycles. The van der Waals surface area contributed by atoms with E-state index in [0.29, 0.717) is 24.4 Å². The highest BCUT2D eigenvalue weighted by Gasteiger charge is 2.10. The Morgan fingerprint density at radius 1 is 1.20 bits per heavy atom. The fourth-order valence-electron chi connectivity index (χ4n) is 1.57. The van der Waals surface area contributed by atoms with E-state index in [9.17, 15) is 0 Å². The van der Waals surface area contributed by atoms with Crippen molar-refractivity contribution in [2.24, 2.45) is 5.92 Å². The van der Waals surface area contributed by atoms with Gasteiger partial charge in [0.1, 0.15) is 0 Å². The van der Waals surface area contributed by atoms with Gasteiger partial charge in [0, 0.05) is 8.95 Å². The Morgan fingerprint density at radius 3 is 2.55 bits per heavy atom. The maximum atomic E-state index is 5.54. The maximum Gasteiger partial charge on any atom is 0.320 e. The Hall–Kier alpha value is -0.920. The average Bonchev–Trinajstić information content (AvgIpc) is 2.81. The van der Waals surface area contributed by atoms with Crippen molar-refractivity contribution in [2.75, 3.05) is 11.9 Å². The first kappa shape index (κ1) is 15.5. The molecule has 20 heavy (non-hydrogen) atoms. The van der Waals surface area contributed by atoms with Gasteiger partial charge in [0.2, 0.25) is 5.89 Å². The van der Waals surface area contributed by atoms with Gasteiger partial charge in [-0.3, -0.25) is 0 Å². The van der Waals surface area contributed by atoms with Crippen molar-refractivity contribution in [2.45, 2.75) is 20.4 Å². The standard InChI is InChI=1S/C13H16Br2N4O/c1-8(2)6-16-7-11-18-19-13(20-11)17-12-9(14)4-3-5-10(12)15/h3-5,8,16H,6-7H2,1-2H3,(H,17,19). The molecule has 0 atom stereocenters. The summed E-state index contributed by atoms with van der Waals surface area (Å²) in [6.07, 6.45) is 0. The lowest BCUT2D eigenvalue weighted by Gasteiger charge is -2.06. The Morgan fingerprint density at radius 2 is 1.90 bits per heavy atom. The van der Waals surface area contributed by atoms with Crippen LogP contribution in [-0.2, 0) is 6.54 Å². The first-order valence-electron chi connectivity index (χ1n) is 6.30. The molecule has 0 spiro atoms. The van der Waals surface area contributed by atoms with E-state index in [1.807, 2.05) is 18.2 Å².